The van der Waals surface area contributed by atoms with Crippen molar-refractivity contribution in [3.63, 3.8) is 0 Å². The van der Waals surface area contributed by atoms with Crippen molar-refractivity contribution in [2.75, 3.05) is 11.9 Å². The van der Waals surface area contributed by atoms with Crippen LogP contribution in [0.15, 0.2) is 18.3 Å². The van der Waals surface area contributed by atoms with Gasteiger partial charge in [-0.05, 0) is 38.8 Å². The quantitative estimate of drug-likeness (QED) is 0.907. The Morgan fingerprint density at radius 2 is 1.80 bits per heavy atom. The number of anilines is 1. The highest BCUT2D eigenvalue weighted by molar-refractivity contribution is 5.43. The minimum absolute atomic E-state index is 0.709. The van der Waals surface area contributed by atoms with Crippen molar-refractivity contribution in [1.82, 2.24) is 15.0 Å². The first-order valence-corrected chi connectivity index (χ1v) is 7.15. The lowest BCUT2D eigenvalue weighted by molar-refractivity contribution is 0.927. The summed E-state index contributed by atoms with van der Waals surface area (Å²) in [5.41, 5.74) is 5.20. The van der Waals surface area contributed by atoms with E-state index in [4.69, 9.17) is 0 Å². The smallest absolute Gasteiger partial charge is 0.148 e. The molecule has 2 aromatic rings. The molecule has 0 fully saturated rings. The number of aromatic nitrogens is 3. The van der Waals surface area contributed by atoms with Crippen LogP contribution in [-0.2, 0) is 12.8 Å². The van der Waals surface area contributed by atoms with Gasteiger partial charge in [-0.1, -0.05) is 13.0 Å². The van der Waals surface area contributed by atoms with Crippen LogP contribution >= 0.6 is 0 Å². The first-order chi connectivity index (χ1) is 9.63. The highest BCUT2D eigenvalue weighted by atomic mass is 15.0. The van der Waals surface area contributed by atoms with Gasteiger partial charge in [0.15, 0.2) is 0 Å². The van der Waals surface area contributed by atoms with Gasteiger partial charge in [0.2, 0.25) is 0 Å². The van der Waals surface area contributed by atoms with Gasteiger partial charge in [0.1, 0.15) is 5.82 Å². The van der Waals surface area contributed by atoms with Gasteiger partial charge < -0.3 is 5.32 Å². The lowest BCUT2D eigenvalue weighted by Gasteiger charge is -2.11. The van der Waals surface area contributed by atoms with Crippen LogP contribution in [0.1, 0.15) is 42.2 Å². The minimum Gasteiger partial charge on any atom is -0.369 e. The third kappa shape index (κ3) is 3.32. The Balaban J connectivity index is 2.28. The second-order valence-electron chi connectivity index (χ2n) is 4.91. The molecule has 106 valence electrons. The molecule has 0 unspecified atom stereocenters. The van der Waals surface area contributed by atoms with Gasteiger partial charge in [-0.25, -0.2) is 4.98 Å². The third-order valence-corrected chi connectivity index (χ3v) is 3.37. The van der Waals surface area contributed by atoms with Gasteiger partial charge in [-0.3, -0.25) is 9.97 Å². The van der Waals surface area contributed by atoms with Crippen molar-refractivity contribution in [3.05, 3.63) is 46.7 Å². The van der Waals surface area contributed by atoms with E-state index in [1.807, 2.05) is 20.0 Å². The first kappa shape index (κ1) is 14.4. The molecule has 1 N–H and O–H groups in total. The topological polar surface area (TPSA) is 50.7 Å². The van der Waals surface area contributed by atoms with Crippen molar-refractivity contribution in [2.24, 2.45) is 0 Å². The number of rotatable bonds is 5. The zero-order valence-corrected chi connectivity index (χ0v) is 12.7. The highest BCUT2D eigenvalue weighted by Crippen LogP contribution is 2.16. The molecule has 2 rings (SSSR count). The fourth-order valence-corrected chi connectivity index (χ4v) is 2.02. The predicted molar refractivity (Wildman–Crippen MR) is 82.1 cm³/mol. The molecule has 0 amide bonds. The Morgan fingerprint density at radius 3 is 2.40 bits per heavy atom. The van der Waals surface area contributed by atoms with Gasteiger partial charge in [0.05, 0.1) is 17.1 Å². The second kappa shape index (κ2) is 6.46. The van der Waals surface area contributed by atoms with Crippen molar-refractivity contribution < 1.29 is 0 Å². The van der Waals surface area contributed by atoms with Crippen LogP contribution < -0.4 is 5.32 Å². The summed E-state index contributed by atoms with van der Waals surface area (Å²) in [5, 5.41) is 3.29. The van der Waals surface area contributed by atoms with Crippen LogP contribution in [0.25, 0.3) is 0 Å². The molecule has 0 aliphatic heterocycles. The van der Waals surface area contributed by atoms with E-state index in [1.165, 1.54) is 5.56 Å². The molecule has 0 spiro atoms. The molecule has 0 saturated carbocycles. The predicted octanol–water partition coefficient (Wildman–Crippen LogP) is 3.07. The summed E-state index contributed by atoms with van der Waals surface area (Å²) in [7, 11) is 0. The maximum atomic E-state index is 4.66. The average Bonchev–Trinajstić information content (AvgIpc) is 2.45. The lowest BCUT2D eigenvalue weighted by Crippen LogP contribution is -2.09. The van der Waals surface area contributed by atoms with Crippen molar-refractivity contribution in [1.29, 1.82) is 0 Å². The number of nitrogens with zero attached hydrogens (tertiary/aromatic N) is 3. The summed E-state index contributed by atoms with van der Waals surface area (Å²) in [6.45, 7) is 9.02. The van der Waals surface area contributed by atoms with Gasteiger partial charge >= 0.3 is 0 Å². The first-order valence-electron chi connectivity index (χ1n) is 7.15. The number of aryl methyl sites for hydroxylation is 3. The highest BCUT2D eigenvalue weighted by Gasteiger charge is 2.10. The van der Waals surface area contributed by atoms with E-state index in [9.17, 15) is 0 Å². The molecule has 0 saturated heterocycles. The maximum Gasteiger partial charge on any atom is 0.148 e. The van der Waals surface area contributed by atoms with Crippen LogP contribution in [0, 0.1) is 13.8 Å². The summed E-state index contributed by atoms with van der Waals surface area (Å²) in [6, 6.07) is 4.20. The van der Waals surface area contributed by atoms with E-state index in [0.29, 0.717) is 6.42 Å². The summed E-state index contributed by atoms with van der Waals surface area (Å²) in [6.07, 6.45) is 3.66. The van der Waals surface area contributed by atoms with Crippen LogP contribution in [-0.4, -0.2) is 21.5 Å². The second-order valence-corrected chi connectivity index (χ2v) is 4.91. The van der Waals surface area contributed by atoms with Crippen molar-refractivity contribution in [3.8, 4) is 0 Å². The van der Waals surface area contributed by atoms with Crippen molar-refractivity contribution >= 4 is 5.82 Å². The fraction of sp³-hybridized carbons (Fsp3) is 0.438. The normalized spacial score (nSPS) is 10.6. The molecule has 2 heterocycles. The number of nitrogens with one attached hydrogen (secondary N) is 1. The van der Waals surface area contributed by atoms with Gasteiger partial charge in [0.25, 0.3) is 0 Å². The van der Waals surface area contributed by atoms with Crippen LogP contribution in [0.2, 0.25) is 0 Å². The standard InChI is InChI=1S/C16H22N4/c1-5-13-7-8-14(18-10-13)9-15-16(17-6-2)20-12(4)11(3)19-15/h7-8,10H,5-6,9H2,1-4H3,(H,17,20). The molecular weight excluding hydrogens is 248 g/mol. The molecule has 0 aliphatic carbocycles. The molecule has 0 aromatic carbocycles. The van der Waals surface area contributed by atoms with Gasteiger partial charge in [-0.2, -0.15) is 0 Å². The molecule has 0 aliphatic rings. The van der Waals surface area contributed by atoms with E-state index < -0.39 is 0 Å². The SMILES string of the molecule is CCNc1nc(C)c(C)nc1Cc1ccc(CC)cn1. The summed E-state index contributed by atoms with van der Waals surface area (Å²) in [5.74, 6) is 0.872. The maximum absolute atomic E-state index is 4.66. The monoisotopic (exact) mass is 270 g/mol. The Kier molecular flexibility index (Phi) is 4.66. The van der Waals surface area contributed by atoms with E-state index in [-0.39, 0.29) is 0 Å². The summed E-state index contributed by atoms with van der Waals surface area (Å²) in [4.78, 5) is 13.8. The molecule has 0 atom stereocenters. The number of pyridine rings is 1. The molecule has 20 heavy (non-hydrogen) atoms. The van der Waals surface area contributed by atoms with E-state index in [1.54, 1.807) is 0 Å². The molecule has 4 heteroatoms. The molecule has 2 aromatic heterocycles. The van der Waals surface area contributed by atoms with E-state index in [2.05, 4.69) is 46.2 Å². The van der Waals surface area contributed by atoms with Gasteiger partial charge in [0, 0.05) is 24.9 Å². The molecule has 4 nitrogen and oxygen atoms in total. The Labute approximate surface area is 120 Å². The Bertz CT molecular complexity index is 576. The van der Waals surface area contributed by atoms with Gasteiger partial charge in [-0.15, -0.1) is 0 Å². The van der Waals surface area contributed by atoms with Crippen LogP contribution in [0.3, 0.4) is 0 Å². The summed E-state index contributed by atoms with van der Waals surface area (Å²) < 4.78 is 0. The number of hydrogen-bond acceptors (Lipinski definition) is 4. The Hall–Kier alpha value is -1.97. The zero-order chi connectivity index (χ0) is 14.5. The largest absolute Gasteiger partial charge is 0.369 e. The van der Waals surface area contributed by atoms with E-state index >= 15 is 0 Å². The van der Waals surface area contributed by atoms with Crippen molar-refractivity contribution in [2.45, 2.75) is 40.5 Å². The molecular formula is C16H22N4. The number of hydrogen-bond donors (Lipinski definition) is 1. The molecule has 0 bridgehead atoms. The zero-order valence-electron chi connectivity index (χ0n) is 12.7. The van der Waals surface area contributed by atoms with Crippen LogP contribution in [0.5, 0.6) is 0 Å². The van der Waals surface area contributed by atoms with Crippen LogP contribution in [0.4, 0.5) is 5.82 Å². The Morgan fingerprint density at radius 1 is 1.05 bits per heavy atom. The lowest BCUT2D eigenvalue weighted by atomic mass is 10.1. The molecule has 0 radical (unpaired) electrons. The third-order valence-electron chi connectivity index (χ3n) is 3.37. The fourth-order valence-electron chi connectivity index (χ4n) is 2.02. The average molecular weight is 270 g/mol. The van der Waals surface area contributed by atoms with E-state index in [0.717, 1.165) is 41.6 Å². The minimum atomic E-state index is 0.709. The summed E-state index contributed by atoms with van der Waals surface area (Å²) >= 11 is 0.